The van der Waals surface area contributed by atoms with Crippen LogP contribution in [0.2, 0.25) is 0 Å². The summed E-state index contributed by atoms with van der Waals surface area (Å²) in [5.41, 5.74) is 2.76. The number of carbonyl (C=O) groups is 1. The third kappa shape index (κ3) is 3.92. The van der Waals surface area contributed by atoms with E-state index in [9.17, 15) is 4.79 Å². The molecular formula is C16H21N5O2. The second kappa shape index (κ2) is 7.32. The molecule has 1 aliphatic heterocycles. The molecule has 1 aliphatic rings. The van der Waals surface area contributed by atoms with Crippen molar-refractivity contribution in [2.75, 3.05) is 26.8 Å². The van der Waals surface area contributed by atoms with Gasteiger partial charge in [0, 0.05) is 38.2 Å². The predicted octanol–water partition coefficient (Wildman–Crippen LogP) is 1.29. The zero-order valence-electron chi connectivity index (χ0n) is 13.2. The maximum absolute atomic E-state index is 11.8. The summed E-state index contributed by atoms with van der Waals surface area (Å²) in [5, 5.41) is 6.69. The lowest BCUT2D eigenvalue weighted by Crippen LogP contribution is -2.40. The van der Waals surface area contributed by atoms with Gasteiger partial charge in [0.1, 0.15) is 6.61 Å². The summed E-state index contributed by atoms with van der Waals surface area (Å²) in [6.45, 7) is 1.77. The van der Waals surface area contributed by atoms with Crippen LogP contribution in [0.25, 0.3) is 11.3 Å². The number of hydrogen-bond acceptors (Lipinski definition) is 5. The van der Waals surface area contributed by atoms with Crippen molar-refractivity contribution in [1.29, 1.82) is 0 Å². The van der Waals surface area contributed by atoms with Gasteiger partial charge in [0.05, 0.1) is 23.8 Å². The number of likely N-dealkylation sites (tertiary alicyclic amines) is 1. The van der Waals surface area contributed by atoms with Gasteiger partial charge < -0.3 is 9.64 Å². The van der Waals surface area contributed by atoms with E-state index >= 15 is 0 Å². The van der Waals surface area contributed by atoms with Gasteiger partial charge in [-0.2, -0.15) is 5.10 Å². The van der Waals surface area contributed by atoms with Crippen molar-refractivity contribution in [1.82, 2.24) is 25.1 Å². The van der Waals surface area contributed by atoms with Gasteiger partial charge in [0.25, 0.3) is 0 Å². The molecule has 3 heterocycles. The molecule has 1 fully saturated rings. The molecule has 2 aromatic rings. The third-order valence-electron chi connectivity index (χ3n) is 4.23. The zero-order chi connectivity index (χ0) is 16.1. The molecule has 0 atom stereocenters. The van der Waals surface area contributed by atoms with Crippen LogP contribution < -0.4 is 0 Å². The number of piperidine rings is 1. The third-order valence-corrected chi connectivity index (χ3v) is 4.23. The average molecular weight is 315 g/mol. The lowest BCUT2D eigenvalue weighted by atomic mass is 9.92. The number of aromatic amines is 1. The molecule has 0 unspecified atom stereocenters. The molecule has 7 nitrogen and oxygen atoms in total. The summed E-state index contributed by atoms with van der Waals surface area (Å²) < 4.78 is 4.90. The molecule has 122 valence electrons. The summed E-state index contributed by atoms with van der Waals surface area (Å²) in [5.74, 6) is 0.630. The highest BCUT2D eigenvalue weighted by Gasteiger charge is 2.23. The molecule has 0 saturated carbocycles. The maximum Gasteiger partial charge on any atom is 0.248 e. The number of H-pyrrole nitrogens is 1. The van der Waals surface area contributed by atoms with Crippen LogP contribution in [-0.2, 0) is 16.0 Å². The minimum Gasteiger partial charge on any atom is -0.375 e. The number of carbonyl (C=O) groups excluding carboxylic acids is 1. The maximum atomic E-state index is 11.8. The second-order valence-electron chi connectivity index (χ2n) is 5.84. The van der Waals surface area contributed by atoms with Crippen LogP contribution in [0.5, 0.6) is 0 Å². The minimum absolute atomic E-state index is 0.0789. The van der Waals surface area contributed by atoms with E-state index in [0.29, 0.717) is 5.92 Å². The molecule has 0 bridgehead atoms. The van der Waals surface area contributed by atoms with Crippen molar-refractivity contribution < 1.29 is 9.53 Å². The van der Waals surface area contributed by atoms with Gasteiger partial charge >= 0.3 is 0 Å². The fourth-order valence-corrected chi connectivity index (χ4v) is 2.90. The first-order valence-electron chi connectivity index (χ1n) is 7.83. The lowest BCUT2D eigenvalue weighted by Gasteiger charge is -2.31. The Bertz CT molecular complexity index is 618. The van der Waals surface area contributed by atoms with E-state index in [1.54, 1.807) is 25.7 Å². The molecule has 3 rings (SSSR count). The summed E-state index contributed by atoms with van der Waals surface area (Å²) >= 11 is 0. The van der Waals surface area contributed by atoms with Crippen LogP contribution in [0, 0.1) is 5.92 Å². The average Bonchev–Trinajstić information content (AvgIpc) is 3.11. The number of methoxy groups -OCH3 is 1. The van der Waals surface area contributed by atoms with E-state index in [0.717, 1.165) is 49.3 Å². The van der Waals surface area contributed by atoms with E-state index in [-0.39, 0.29) is 12.5 Å². The summed E-state index contributed by atoms with van der Waals surface area (Å²) in [7, 11) is 1.55. The number of rotatable bonds is 5. The van der Waals surface area contributed by atoms with Crippen molar-refractivity contribution in [3.8, 4) is 11.3 Å². The summed E-state index contributed by atoms with van der Waals surface area (Å²) in [6.07, 6.45) is 10.1. The highest BCUT2D eigenvalue weighted by molar-refractivity contribution is 5.77. The molecule has 1 saturated heterocycles. The van der Waals surface area contributed by atoms with Crippen LogP contribution in [-0.4, -0.2) is 57.8 Å². The molecule has 0 radical (unpaired) electrons. The number of ether oxygens (including phenoxy) is 1. The van der Waals surface area contributed by atoms with Crippen LogP contribution in [0.4, 0.5) is 0 Å². The molecule has 0 aliphatic carbocycles. The largest absolute Gasteiger partial charge is 0.375 e. The number of hydrogen-bond donors (Lipinski definition) is 1. The van der Waals surface area contributed by atoms with Crippen molar-refractivity contribution in [2.45, 2.75) is 19.3 Å². The summed E-state index contributed by atoms with van der Waals surface area (Å²) in [4.78, 5) is 22.6. The zero-order valence-corrected chi connectivity index (χ0v) is 13.2. The Hall–Kier alpha value is -2.28. The van der Waals surface area contributed by atoms with Crippen molar-refractivity contribution in [3.63, 3.8) is 0 Å². The molecule has 7 heteroatoms. The molecule has 0 spiro atoms. The van der Waals surface area contributed by atoms with Crippen LogP contribution in [0.15, 0.2) is 24.8 Å². The number of aromatic nitrogens is 4. The molecule has 0 aromatic carbocycles. The Kier molecular flexibility index (Phi) is 4.97. The molecule has 23 heavy (non-hydrogen) atoms. The Balaban J connectivity index is 1.52. The first-order valence-corrected chi connectivity index (χ1v) is 7.83. The Morgan fingerprint density at radius 1 is 1.30 bits per heavy atom. The molecular weight excluding hydrogens is 294 g/mol. The van der Waals surface area contributed by atoms with Gasteiger partial charge in [-0.1, -0.05) is 0 Å². The number of amides is 1. The first kappa shape index (κ1) is 15.6. The standard InChI is InChI=1S/C16H21N5O2/c1-23-11-16(22)21-4-2-12(3-5-21)6-14-9-18-15(10-17-14)13-7-19-20-8-13/h7-10,12H,2-6,11H2,1H3,(H,19,20). The fourth-order valence-electron chi connectivity index (χ4n) is 2.90. The van der Waals surface area contributed by atoms with E-state index in [4.69, 9.17) is 4.74 Å². The summed E-state index contributed by atoms with van der Waals surface area (Å²) in [6, 6.07) is 0. The van der Waals surface area contributed by atoms with E-state index < -0.39 is 0 Å². The van der Waals surface area contributed by atoms with E-state index in [2.05, 4.69) is 20.2 Å². The highest BCUT2D eigenvalue weighted by Crippen LogP contribution is 2.21. The van der Waals surface area contributed by atoms with Crippen molar-refractivity contribution >= 4 is 5.91 Å². The Labute approximate surface area is 135 Å². The molecule has 1 amide bonds. The Morgan fingerprint density at radius 3 is 2.74 bits per heavy atom. The van der Waals surface area contributed by atoms with Gasteiger partial charge in [-0.3, -0.25) is 19.9 Å². The SMILES string of the molecule is COCC(=O)N1CCC(Cc2cnc(-c3cn[nH]c3)cn2)CC1. The highest BCUT2D eigenvalue weighted by atomic mass is 16.5. The van der Waals surface area contributed by atoms with Crippen LogP contribution >= 0.6 is 0 Å². The van der Waals surface area contributed by atoms with Crippen molar-refractivity contribution in [2.24, 2.45) is 5.92 Å². The number of nitrogens with one attached hydrogen (secondary N) is 1. The van der Waals surface area contributed by atoms with Crippen LogP contribution in [0.1, 0.15) is 18.5 Å². The van der Waals surface area contributed by atoms with E-state index in [1.807, 2.05) is 11.1 Å². The lowest BCUT2D eigenvalue weighted by molar-refractivity contribution is -0.136. The van der Waals surface area contributed by atoms with Gasteiger partial charge in [-0.05, 0) is 25.2 Å². The Morgan fingerprint density at radius 2 is 2.13 bits per heavy atom. The molecule has 2 aromatic heterocycles. The monoisotopic (exact) mass is 315 g/mol. The van der Waals surface area contributed by atoms with E-state index in [1.165, 1.54) is 0 Å². The van der Waals surface area contributed by atoms with Crippen LogP contribution in [0.3, 0.4) is 0 Å². The van der Waals surface area contributed by atoms with Crippen molar-refractivity contribution in [3.05, 3.63) is 30.5 Å². The van der Waals surface area contributed by atoms with Gasteiger partial charge in [-0.15, -0.1) is 0 Å². The second-order valence-corrected chi connectivity index (χ2v) is 5.84. The quantitative estimate of drug-likeness (QED) is 0.899. The fraction of sp³-hybridized carbons (Fsp3) is 0.500. The van der Waals surface area contributed by atoms with Gasteiger partial charge in [-0.25, -0.2) is 0 Å². The first-order chi connectivity index (χ1) is 11.3. The van der Waals surface area contributed by atoms with Gasteiger partial charge in [0.2, 0.25) is 5.91 Å². The topological polar surface area (TPSA) is 84.0 Å². The predicted molar refractivity (Wildman–Crippen MR) is 84.5 cm³/mol. The number of nitrogens with zero attached hydrogens (tertiary/aromatic N) is 4. The normalized spacial score (nSPS) is 15.8. The smallest absolute Gasteiger partial charge is 0.248 e. The minimum atomic E-state index is 0.0789. The van der Waals surface area contributed by atoms with Gasteiger partial charge in [0.15, 0.2) is 0 Å². The molecule has 1 N–H and O–H groups in total.